The van der Waals surface area contributed by atoms with Gasteiger partial charge in [-0.3, -0.25) is 19.7 Å². The van der Waals surface area contributed by atoms with Crippen LogP contribution in [-0.2, 0) is 23.9 Å². The van der Waals surface area contributed by atoms with Crippen LogP contribution in [0.2, 0.25) is 0 Å². The molecule has 0 aromatic heterocycles. The van der Waals surface area contributed by atoms with Crippen LogP contribution >= 0.6 is 0 Å². The number of rotatable bonds is 6. The van der Waals surface area contributed by atoms with Crippen molar-refractivity contribution in [3.63, 3.8) is 0 Å². The molecule has 1 aromatic rings. The lowest BCUT2D eigenvalue weighted by molar-refractivity contribution is -0.386. The molecule has 9 heteroatoms. The van der Waals surface area contributed by atoms with Crippen molar-refractivity contribution in [2.24, 2.45) is 0 Å². The van der Waals surface area contributed by atoms with Gasteiger partial charge in [-0.05, 0) is 6.07 Å². The van der Waals surface area contributed by atoms with Crippen LogP contribution in [-0.4, -0.2) is 35.9 Å². The van der Waals surface area contributed by atoms with Crippen LogP contribution < -0.4 is 5.32 Å². The Labute approximate surface area is 131 Å². The van der Waals surface area contributed by atoms with E-state index in [1.54, 1.807) is 0 Å². The van der Waals surface area contributed by atoms with Crippen molar-refractivity contribution in [1.29, 1.82) is 0 Å². The Hall–Kier alpha value is -2.97. The fourth-order valence-electron chi connectivity index (χ4n) is 1.99. The zero-order chi connectivity index (χ0) is 17.6. The van der Waals surface area contributed by atoms with Crippen molar-refractivity contribution >= 4 is 23.5 Å². The molecule has 9 nitrogen and oxygen atoms in total. The number of carbonyl (C=O) groups excluding carboxylic acids is 3. The second-order valence-electron chi connectivity index (χ2n) is 4.55. The van der Waals surface area contributed by atoms with Gasteiger partial charge in [-0.1, -0.05) is 12.1 Å². The van der Waals surface area contributed by atoms with Crippen molar-refractivity contribution in [3.05, 3.63) is 39.9 Å². The molecule has 1 N–H and O–H groups in total. The SMILES string of the molecule is COC(=O)[C@@H](NC(C)=O)[C@@H](OC(C)=O)c1ccccc1[N+](=O)[O-]. The number of nitro groups is 1. The van der Waals surface area contributed by atoms with Gasteiger partial charge in [0.05, 0.1) is 17.6 Å². The first kappa shape index (κ1) is 18.1. The monoisotopic (exact) mass is 324 g/mol. The quantitative estimate of drug-likeness (QED) is 0.467. The maximum atomic E-state index is 11.9. The van der Waals surface area contributed by atoms with Gasteiger partial charge in [-0.2, -0.15) is 0 Å². The first-order valence-corrected chi connectivity index (χ1v) is 6.53. The van der Waals surface area contributed by atoms with Crippen LogP contribution in [0.5, 0.6) is 0 Å². The van der Waals surface area contributed by atoms with Gasteiger partial charge in [0.2, 0.25) is 5.91 Å². The highest BCUT2D eigenvalue weighted by Gasteiger charge is 2.37. The highest BCUT2D eigenvalue weighted by molar-refractivity contribution is 5.84. The lowest BCUT2D eigenvalue weighted by atomic mass is 10.00. The predicted molar refractivity (Wildman–Crippen MR) is 77.2 cm³/mol. The van der Waals surface area contributed by atoms with Crippen LogP contribution in [0.1, 0.15) is 25.5 Å². The van der Waals surface area contributed by atoms with E-state index in [1.807, 2.05) is 0 Å². The van der Waals surface area contributed by atoms with E-state index >= 15 is 0 Å². The summed E-state index contributed by atoms with van der Waals surface area (Å²) in [6.07, 6.45) is -1.40. The Morgan fingerprint density at radius 3 is 2.30 bits per heavy atom. The second-order valence-corrected chi connectivity index (χ2v) is 4.55. The maximum Gasteiger partial charge on any atom is 0.332 e. The number of amides is 1. The number of para-hydroxylation sites is 1. The van der Waals surface area contributed by atoms with Crippen LogP contribution in [0.3, 0.4) is 0 Å². The summed E-state index contributed by atoms with van der Waals surface area (Å²) in [5.41, 5.74) is -0.380. The maximum absolute atomic E-state index is 11.9. The van der Waals surface area contributed by atoms with Gasteiger partial charge in [0.1, 0.15) is 0 Å². The van der Waals surface area contributed by atoms with E-state index in [4.69, 9.17) is 4.74 Å². The van der Waals surface area contributed by atoms with E-state index in [0.717, 1.165) is 21.0 Å². The smallest absolute Gasteiger partial charge is 0.332 e. The molecule has 0 saturated heterocycles. The van der Waals surface area contributed by atoms with Crippen molar-refractivity contribution in [2.45, 2.75) is 26.0 Å². The Morgan fingerprint density at radius 1 is 1.22 bits per heavy atom. The molecule has 0 unspecified atom stereocenters. The molecule has 1 amide bonds. The molecule has 1 rings (SSSR count). The van der Waals surface area contributed by atoms with Crippen LogP contribution in [0.15, 0.2) is 24.3 Å². The number of nitrogens with one attached hydrogen (secondary N) is 1. The van der Waals surface area contributed by atoms with Crippen LogP contribution in [0.4, 0.5) is 5.69 Å². The Balaban J connectivity index is 3.42. The fourth-order valence-corrected chi connectivity index (χ4v) is 1.99. The van der Waals surface area contributed by atoms with E-state index in [2.05, 4.69) is 10.1 Å². The van der Waals surface area contributed by atoms with Gasteiger partial charge >= 0.3 is 11.9 Å². The molecule has 0 aliphatic rings. The summed E-state index contributed by atoms with van der Waals surface area (Å²) in [6.45, 7) is 2.24. The van der Waals surface area contributed by atoms with Crippen molar-refractivity contribution in [1.82, 2.24) is 5.32 Å². The molecule has 0 spiro atoms. The number of hydrogen-bond acceptors (Lipinski definition) is 7. The normalized spacial score (nSPS) is 12.7. The predicted octanol–water partition coefficient (Wildman–Crippen LogP) is 0.877. The zero-order valence-electron chi connectivity index (χ0n) is 12.8. The van der Waals surface area contributed by atoms with Gasteiger partial charge in [0.15, 0.2) is 12.1 Å². The van der Waals surface area contributed by atoms with E-state index in [0.29, 0.717) is 0 Å². The first-order chi connectivity index (χ1) is 10.8. The van der Waals surface area contributed by atoms with E-state index < -0.39 is 34.9 Å². The van der Waals surface area contributed by atoms with E-state index in [9.17, 15) is 24.5 Å². The molecule has 23 heavy (non-hydrogen) atoms. The van der Waals surface area contributed by atoms with Crippen molar-refractivity contribution in [2.75, 3.05) is 7.11 Å². The summed E-state index contributed by atoms with van der Waals surface area (Å²) in [7, 11) is 1.08. The minimum absolute atomic E-state index is 0.0307. The molecule has 2 atom stereocenters. The van der Waals surface area contributed by atoms with Gasteiger partial charge in [0, 0.05) is 19.9 Å². The molecule has 0 aliphatic heterocycles. The molecule has 0 bridgehead atoms. The lowest BCUT2D eigenvalue weighted by Gasteiger charge is -2.25. The number of carbonyl (C=O) groups is 3. The third-order valence-electron chi connectivity index (χ3n) is 2.85. The fraction of sp³-hybridized carbons (Fsp3) is 0.357. The van der Waals surface area contributed by atoms with Gasteiger partial charge in [0.25, 0.3) is 5.69 Å². The average Bonchev–Trinajstić information content (AvgIpc) is 2.49. The third-order valence-corrected chi connectivity index (χ3v) is 2.85. The third kappa shape index (κ3) is 4.77. The molecular weight excluding hydrogens is 308 g/mol. The van der Waals surface area contributed by atoms with E-state index in [1.165, 1.54) is 24.3 Å². The highest BCUT2D eigenvalue weighted by Crippen LogP contribution is 2.30. The number of methoxy groups -OCH3 is 1. The topological polar surface area (TPSA) is 125 Å². The van der Waals surface area contributed by atoms with Gasteiger partial charge in [-0.25, -0.2) is 4.79 Å². The number of ether oxygens (including phenoxy) is 2. The summed E-state index contributed by atoms with van der Waals surface area (Å²) in [4.78, 5) is 45.1. The summed E-state index contributed by atoms with van der Waals surface area (Å²) < 4.78 is 9.64. The van der Waals surface area contributed by atoms with E-state index in [-0.39, 0.29) is 11.3 Å². The van der Waals surface area contributed by atoms with Crippen molar-refractivity contribution in [3.8, 4) is 0 Å². The molecule has 0 fully saturated rings. The minimum Gasteiger partial charge on any atom is -0.467 e. The minimum atomic E-state index is -1.41. The molecular formula is C14H16N2O7. The van der Waals surface area contributed by atoms with Crippen LogP contribution in [0, 0.1) is 10.1 Å². The number of benzene rings is 1. The number of hydrogen-bond donors (Lipinski definition) is 1. The number of esters is 2. The zero-order valence-corrected chi connectivity index (χ0v) is 12.8. The molecule has 0 radical (unpaired) electrons. The molecule has 0 saturated carbocycles. The molecule has 1 aromatic carbocycles. The summed E-state index contributed by atoms with van der Waals surface area (Å²) in [6, 6.07) is 4.04. The average molecular weight is 324 g/mol. The Morgan fingerprint density at radius 2 is 1.83 bits per heavy atom. The number of nitrogens with zero attached hydrogens (tertiary/aromatic N) is 1. The molecule has 0 heterocycles. The summed E-state index contributed by atoms with van der Waals surface area (Å²) in [5, 5.41) is 13.4. The Bertz CT molecular complexity index is 629. The largest absolute Gasteiger partial charge is 0.467 e. The number of nitro benzene ring substituents is 1. The van der Waals surface area contributed by atoms with Gasteiger partial charge < -0.3 is 14.8 Å². The summed E-state index contributed by atoms with van der Waals surface area (Å²) in [5.74, 6) is -2.26. The van der Waals surface area contributed by atoms with Crippen LogP contribution in [0.25, 0.3) is 0 Å². The van der Waals surface area contributed by atoms with Gasteiger partial charge in [-0.15, -0.1) is 0 Å². The highest BCUT2D eigenvalue weighted by atomic mass is 16.6. The Kier molecular flexibility index (Phi) is 6.19. The summed E-state index contributed by atoms with van der Waals surface area (Å²) >= 11 is 0. The molecule has 124 valence electrons. The van der Waals surface area contributed by atoms with Crippen molar-refractivity contribution < 1.29 is 28.8 Å². The first-order valence-electron chi connectivity index (χ1n) is 6.53. The lowest BCUT2D eigenvalue weighted by Crippen LogP contribution is -2.46. The second kappa shape index (κ2) is 7.87. The molecule has 0 aliphatic carbocycles. The standard InChI is InChI=1S/C14H16N2O7/c1-8(17)15-12(14(19)22-3)13(23-9(2)18)10-6-4-5-7-11(10)16(20)21/h4-7,12-13H,1-3H3,(H,15,17)/t12-,13-/m0/s1.